The van der Waals surface area contributed by atoms with Crippen molar-refractivity contribution in [2.45, 2.75) is 13.5 Å². The highest BCUT2D eigenvalue weighted by atomic mass is 15.2. The second kappa shape index (κ2) is 5.56. The summed E-state index contributed by atoms with van der Waals surface area (Å²) in [7, 11) is 0. The van der Waals surface area contributed by atoms with Gasteiger partial charge in [0.2, 0.25) is 5.95 Å². The van der Waals surface area contributed by atoms with Gasteiger partial charge in [0.1, 0.15) is 5.52 Å². The number of fused-ring (bicyclic) bond motifs is 1. The van der Waals surface area contributed by atoms with E-state index in [1.165, 1.54) is 5.56 Å². The zero-order valence-corrected chi connectivity index (χ0v) is 11.2. The quantitative estimate of drug-likeness (QED) is 0.662. The first-order chi connectivity index (χ1) is 9.86. The number of hydrogen-bond acceptors (Lipinski definition) is 5. The van der Waals surface area contributed by atoms with Crippen LogP contribution in [0.1, 0.15) is 12.5 Å². The lowest BCUT2D eigenvalue weighted by Gasteiger charge is -2.08. The van der Waals surface area contributed by atoms with Crippen molar-refractivity contribution in [1.82, 2.24) is 19.9 Å². The summed E-state index contributed by atoms with van der Waals surface area (Å²) in [4.78, 5) is 16.1. The first kappa shape index (κ1) is 12.4. The van der Waals surface area contributed by atoms with Crippen LogP contribution in [-0.2, 0) is 6.54 Å². The molecule has 0 fully saturated rings. The Morgan fingerprint density at radius 3 is 2.75 bits per heavy atom. The Bertz CT molecular complexity index is 691. The van der Waals surface area contributed by atoms with E-state index in [9.17, 15) is 0 Å². The molecule has 0 aliphatic heterocycles. The molecule has 0 spiro atoms. The molecule has 1 aromatic carbocycles. The van der Waals surface area contributed by atoms with Gasteiger partial charge in [-0.1, -0.05) is 30.3 Å². The molecular weight excluding hydrogens is 252 g/mol. The van der Waals surface area contributed by atoms with Crippen LogP contribution in [0.2, 0.25) is 0 Å². The summed E-state index contributed by atoms with van der Waals surface area (Å²) in [6.45, 7) is 3.49. The molecular formula is C14H16N6. The lowest BCUT2D eigenvalue weighted by molar-refractivity contribution is 1.07. The molecule has 0 atom stereocenters. The van der Waals surface area contributed by atoms with Crippen molar-refractivity contribution in [2.75, 3.05) is 17.2 Å². The van der Waals surface area contributed by atoms with E-state index in [2.05, 4.69) is 42.7 Å². The number of imidazole rings is 1. The molecule has 20 heavy (non-hydrogen) atoms. The molecule has 0 radical (unpaired) electrons. The number of anilines is 2. The molecule has 102 valence electrons. The van der Waals surface area contributed by atoms with Crippen LogP contribution >= 0.6 is 0 Å². The normalized spacial score (nSPS) is 10.7. The van der Waals surface area contributed by atoms with Gasteiger partial charge in [-0.2, -0.15) is 9.97 Å². The van der Waals surface area contributed by atoms with E-state index in [1.54, 1.807) is 6.33 Å². The predicted molar refractivity (Wildman–Crippen MR) is 79.6 cm³/mol. The predicted octanol–water partition coefficient (Wildman–Crippen LogP) is 2.40. The van der Waals surface area contributed by atoms with Crippen LogP contribution in [0, 0.1) is 0 Å². The number of benzene rings is 1. The number of nitrogens with one attached hydrogen (secondary N) is 3. The van der Waals surface area contributed by atoms with Crippen molar-refractivity contribution in [2.24, 2.45) is 0 Å². The lowest BCUT2D eigenvalue weighted by Crippen LogP contribution is -2.07. The Balaban J connectivity index is 1.87. The largest absolute Gasteiger partial charge is 0.364 e. The van der Waals surface area contributed by atoms with Gasteiger partial charge < -0.3 is 15.6 Å². The van der Waals surface area contributed by atoms with Crippen molar-refractivity contribution >= 4 is 22.9 Å². The maximum atomic E-state index is 4.47. The van der Waals surface area contributed by atoms with Gasteiger partial charge in [0, 0.05) is 13.1 Å². The number of aromatic amines is 1. The molecule has 3 aromatic rings. The maximum Gasteiger partial charge on any atom is 0.226 e. The van der Waals surface area contributed by atoms with Crippen LogP contribution in [0.3, 0.4) is 0 Å². The summed E-state index contributed by atoms with van der Waals surface area (Å²) in [5.41, 5.74) is 2.68. The minimum atomic E-state index is 0.586. The summed E-state index contributed by atoms with van der Waals surface area (Å²) >= 11 is 0. The SMILES string of the molecule is CCNc1nc(NCc2ccccc2)c2[nH]cnc2n1. The molecule has 6 heteroatoms. The second-order valence-electron chi connectivity index (χ2n) is 4.37. The Labute approximate surface area is 116 Å². The Morgan fingerprint density at radius 2 is 1.95 bits per heavy atom. The third kappa shape index (κ3) is 2.54. The number of H-pyrrole nitrogens is 1. The third-order valence-corrected chi connectivity index (χ3v) is 2.92. The van der Waals surface area contributed by atoms with Crippen molar-refractivity contribution in [3.8, 4) is 0 Å². The number of rotatable bonds is 5. The smallest absolute Gasteiger partial charge is 0.226 e. The molecule has 6 nitrogen and oxygen atoms in total. The molecule has 0 saturated carbocycles. The molecule has 0 bridgehead atoms. The zero-order valence-electron chi connectivity index (χ0n) is 11.2. The minimum Gasteiger partial charge on any atom is -0.364 e. The van der Waals surface area contributed by atoms with Gasteiger partial charge in [-0.25, -0.2) is 4.98 Å². The van der Waals surface area contributed by atoms with Crippen molar-refractivity contribution < 1.29 is 0 Å². The molecule has 3 rings (SSSR count). The monoisotopic (exact) mass is 268 g/mol. The van der Waals surface area contributed by atoms with Gasteiger partial charge in [-0.15, -0.1) is 0 Å². The van der Waals surface area contributed by atoms with Gasteiger partial charge in [0.25, 0.3) is 0 Å². The van der Waals surface area contributed by atoms with Crippen LogP contribution in [0.4, 0.5) is 11.8 Å². The first-order valence-corrected chi connectivity index (χ1v) is 6.59. The van der Waals surface area contributed by atoms with Crippen LogP contribution in [0.5, 0.6) is 0 Å². The molecule has 0 unspecified atom stereocenters. The fraction of sp³-hybridized carbons (Fsp3) is 0.214. The molecule has 2 heterocycles. The summed E-state index contributed by atoms with van der Waals surface area (Å²) < 4.78 is 0. The lowest BCUT2D eigenvalue weighted by atomic mass is 10.2. The zero-order chi connectivity index (χ0) is 13.8. The van der Waals surface area contributed by atoms with Crippen LogP contribution in [0.15, 0.2) is 36.7 Å². The summed E-state index contributed by atoms with van der Waals surface area (Å²) in [5, 5.41) is 6.44. The van der Waals surface area contributed by atoms with E-state index >= 15 is 0 Å². The van der Waals surface area contributed by atoms with Crippen LogP contribution < -0.4 is 10.6 Å². The Kier molecular flexibility index (Phi) is 3.45. The van der Waals surface area contributed by atoms with Gasteiger partial charge in [0.05, 0.1) is 6.33 Å². The second-order valence-corrected chi connectivity index (χ2v) is 4.37. The molecule has 0 amide bonds. The van der Waals surface area contributed by atoms with Crippen molar-refractivity contribution in [3.63, 3.8) is 0 Å². The van der Waals surface area contributed by atoms with E-state index in [0.29, 0.717) is 18.1 Å². The van der Waals surface area contributed by atoms with Gasteiger partial charge in [0.15, 0.2) is 11.5 Å². The van der Waals surface area contributed by atoms with Crippen molar-refractivity contribution in [1.29, 1.82) is 0 Å². The van der Waals surface area contributed by atoms with Crippen LogP contribution in [0.25, 0.3) is 11.2 Å². The summed E-state index contributed by atoms with van der Waals surface area (Å²) in [5.74, 6) is 1.34. The molecule has 0 aliphatic rings. The van der Waals surface area contributed by atoms with Crippen LogP contribution in [-0.4, -0.2) is 26.5 Å². The van der Waals surface area contributed by atoms with E-state index in [0.717, 1.165) is 17.9 Å². The number of aromatic nitrogens is 4. The fourth-order valence-corrected chi connectivity index (χ4v) is 1.98. The van der Waals surface area contributed by atoms with Gasteiger partial charge >= 0.3 is 0 Å². The van der Waals surface area contributed by atoms with E-state index in [4.69, 9.17) is 0 Å². The Morgan fingerprint density at radius 1 is 1.10 bits per heavy atom. The van der Waals surface area contributed by atoms with Gasteiger partial charge in [-0.3, -0.25) is 0 Å². The van der Waals surface area contributed by atoms with Crippen molar-refractivity contribution in [3.05, 3.63) is 42.2 Å². The standard InChI is InChI=1S/C14H16N6/c1-2-15-14-19-12(11-13(20-14)18-9-17-11)16-8-10-6-4-3-5-7-10/h3-7,9H,2,8H2,1H3,(H3,15,16,17,18,19,20). The molecule has 0 aliphatic carbocycles. The number of nitrogens with zero attached hydrogens (tertiary/aromatic N) is 3. The first-order valence-electron chi connectivity index (χ1n) is 6.59. The third-order valence-electron chi connectivity index (χ3n) is 2.92. The highest BCUT2D eigenvalue weighted by Crippen LogP contribution is 2.19. The Hall–Kier alpha value is -2.63. The van der Waals surface area contributed by atoms with E-state index in [1.807, 2.05) is 25.1 Å². The molecule has 0 saturated heterocycles. The molecule has 2 aromatic heterocycles. The maximum absolute atomic E-state index is 4.47. The summed E-state index contributed by atoms with van der Waals surface area (Å²) in [6, 6.07) is 10.2. The highest BCUT2D eigenvalue weighted by Gasteiger charge is 2.09. The minimum absolute atomic E-state index is 0.586. The molecule has 3 N–H and O–H groups in total. The number of hydrogen-bond donors (Lipinski definition) is 3. The summed E-state index contributed by atoms with van der Waals surface area (Å²) in [6.07, 6.45) is 1.63. The average Bonchev–Trinajstić information content (AvgIpc) is 2.95. The average molecular weight is 268 g/mol. The van der Waals surface area contributed by atoms with E-state index < -0.39 is 0 Å². The fourth-order valence-electron chi connectivity index (χ4n) is 1.98. The topological polar surface area (TPSA) is 78.5 Å². The van der Waals surface area contributed by atoms with Gasteiger partial charge in [-0.05, 0) is 12.5 Å². The van der Waals surface area contributed by atoms with E-state index in [-0.39, 0.29) is 0 Å². The highest BCUT2D eigenvalue weighted by molar-refractivity contribution is 5.83.